The van der Waals surface area contributed by atoms with Crippen LogP contribution in [-0.4, -0.2) is 24.8 Å². The Morgan fingerprint density at radius 3 is 2.27 bits per heavy atom. The molecule has 37 heavy (non-hydrogen) atoms. The van der Waals surface area contributed by atoms with Gasteiger partial charge in [-0.1, -0.05) is 6.07 Å². The van der Waals surface area contributed by atoms with Crippen LogP contribution < -0.4 is 20.5 Å². The fourth-order valence-corrected chi connectivity index (χ4v) is 4.69. The van der Waals surface area contributed by atoms with E-state index in [9.17, 15) is 17.6 Å². The Labute approximate surface area is 211 Å². The van der Waals surface area contributed by atoms with Crippen molar-refractivity contribution in [1.29, 1.82) is 0 Å². The van der Waals surface area contributed by atoms with E-state index in [1.807, 2.05) is 4.72 Å². The maximum atomic E-state index is 15.1. The standard InChI is InChI=1S/C24H25F4N5O3S/c1-12-5-6-17(16(25)9-12)31-21-15(22(29)34)11-14(18(26)20(21)28)10-13-7-8-30-23(19(13)27)32-37(35,36)33-24(2,3)4/h5-9,11,31,33H,10H2,1-4H3,(H2,29,34)(H,30,32). The lowest BCUT2D eigenvalue weighted by molar-refractivity contribution is 0.100. The summed E-state index contributed by atoms with van der Waals surface area (Å²) < 4.78 is 88.2. The molecule has 0 fully saturated rings. The Morgan fingerprint density at radius 2 is 1.68 bits per heavy atom. The highest BCUT2D eigenvalue weighted by Crippen LogP contribution is 2.31. The van der Waals surface area contributed by atoms with Crippen molar-refractivity contribution in [3.8, 4) is 0 Å². The topological polar surface area (TPSA) is 126 Å². The van der Waals surface area contributed by atoms with Gasteiger partial charge in [0.05, 0.1) is 16.9 Å². The number of benzene rings is 2. The van der Waals surface area contributed by atoms with E-state index in [0.29, 0.717) is 5.56 Å². The summed E-state index contributed by atoms with van der Waals surface area (Å²) in [5, 5.41) is 2.36. The number of carbonyl (C=O) groups is 1. The minimum absolute atomic E-state index is 0.222. The van der Waals surface area contributed by atoms with Crippen LogP contribution in [0.15, 0.2) is 36.5 Å². The number of aryl methyl sites for hydroxylation is 1. The summed E-state index contributed by atoms with van der Waals surface area (Å²) in [5.74, 6) is -6.69. The Hall–Kier alpha value is -3.71. The summed E-state index contributed by atoms with van der Waals surface area (Å²) in [6.45, 7) is 6.36. The van der Waals surface area contributed by atoms with Crippen molar-refractivity contribution in [2.45, 2.75) is 39.7 Å². The van der Waals surface area contributed by atoms with E-state index >= 15 is 13.2 Å². The number of hydrogen-bond acceptors (Lipinski definition) is 5. The molecule has 0 aliphatic heterocycles. The van der Waals surface area contributed by atoms with Gasteiger partial charge < -0.3 is 11.1 Å². The average Bonchev–Trinajstić information content (AvgIpc) is 2.75. The molecule has 0 aliphatic carbocycles. The molecule has 0 aliphatic rings. The zero-order valence-electron chi connectivity index (χ0n) is 20.3. The number of anilines is 3. The Kier molecular flexibility index (Phi) is 7.79. The molecule has 8 nitrogen and oxygen atoms in total. The second-order valence-corrected chi connectivity index (χ2v) is 10.7. The van der Waals surface area contributed by atoms with Gasteiger partial charge in [-0.25, -0.2) is 22.5 Å². The van der Waals surface area contributed by atoms with Crippen molar-refractivity contribution in [3.63, 3.8) is 0 Å². The predicted octanol–water partition coefficient (Wildman–Crippen LogP) is 4.42. The minimum Gasteiger partial charge on any atom is -0.366 e. The van der Waals surface area contributed by atoms with E-state index in [1.165, 1.54) is 12.1 Å². The van der Waals surface area contributed by atoms with Crippen molar-refractivity contribution >= 4 is 33.3 Å². The van der Waals surface area contributed by atoms with Gasteiger partial charge >= 0.3 is 10.2 Å². The van der Waals surface area contributed by atoms with Crippen LogP contribution in [0.1, 0.15) is 47.8 Å². The van der Waals surface area contributed by atoms with Crippen LogP contribution >= 0.6 is 0 Å². The van der Waals surface area contributed by atoms with Gasteiger partial charge in [0.25, 0.3) is 5.91 Å². The quantitative estimate of drug-likeness (QED) is 0.315. The van der Waals surface area contributed by atoms with Gasteiger partial charge in [0, 0.05) is 18.2 Å². The monoisotopic (exact) mass is 539 g/mol. The van der Waals surface area contributed by atoms with Crippen LogP contribution in [0, 0.1) is 30.2 Å². The number of rotatable bonds is 8. The molecule has 0 radical (unpaired) electrons. The maximum Gasteiger partial charge on any atom is 0.300 e. The van der Waals surface area contributed by atoms with Gasteiger partial charge in [-0.15, -0.1) is 0 Å². The summed E-state index contributed by atoms with van der Waals surface area (Å²) in [6, 6.07) is 6.01. The van der Waals surface area contributed by atoms with E-state index in [1.54, 1.807) is 27.7 Å². The molecule has 13 heteroatoms. The van der Waals surface area contributed by atoms with Crippen LogP contribution in [0.4, 0.5) is 34.8 Å². The SMILES string of the molecule is Cc1ccc(Nc2c(C(N)=O)cc(Cc3ccnc(NS(=O)(=O)NC(C)(C)C)c3F)c(F)c2F)c(F)c1. The third-order valence-corrected chi connectivity index (χ3v) is 6.30. The number of amides is 1. The second kappa shape index (κ2) is 10.3. The molecule has 1 heterocycles. The molecule has 0 saturated heterocycles. The van der Waals surface area contributed by atoms with Crippen molar-refractivity contribution < 1.29 is 30.8 Å². The molecule has 0 unspecified atom stereocenters. The smallest absolute Gasteiger partial charge is 0.300 e. The zero-order valence-corrected chi connectivity index (χ0v) is 21.2. The maximum absolute atomic E-state index is 15.1. The van der Waals surface area contributed by atoms with Gasteiger partial charge in [-0.2, -0.15) is 13.1 Å². The molecule has 5 N–H and O–H groups in total. The van der Waals surface area contributed by atoms with Crippen molar-refractivity contribution in [2.24, 2.45) is 5.73 Å². The first-order valence-corrected chi connectivity index (χ1v) is 12.3. The summed E-state index contributed by atoms with van der Waals surface area (Å²) in [5.41, 5.74) is 2.95. The first kappa shape index (κ1) is 27.9. The Balaban J connectivity index is 1.99. The van der Waals surface area contributed by atoms with E-state index < -0.39 is 74.0 Å². The third-order valence-electron chi connectivity index (χ3n) is 4.95. The molecular formula is C24H25F4N5O3S. The molecule has 0 bridgehead atoms. The van der Waals surface area contributed by atoms with Crippen LogP contribution in [0.3, 0.4) is 0 Å². The van der Waals surface area contributed by atoms with E-state index in [2.05, 4.69) is 15.0 Å². The van der Waals surface area contributed by atoms with Crippen LogP contribution in [0.2, 0.25) is 0 Å². The molecule has 2 aromatic carbocycles. The van der Waals surface area contributed by atoms with E-state index in [-0.39, 0.29) is 11.3 Å². The number of nitrogens with two attached hydrogens (primary N) is 1. The molecule has 198 valence electrons. The number of aromatic nitrogens is 1. The molecule has 3 aromatic rings. The van der Waals surface area contributed by atoms with Gasteiger partial charge in [0.1, 0.15) is 5.82 Å². The highest BCUT2D eigenvalue weighted by atomic mass is 32.2. The van der Waals surface area contributed by atoms with Gasteiger partial charge in [0.2, 0.25) is 0 Å². The zero-order chi connectivity index (χ0) is 27.7. The molecular weight excluding hydrogens is 514 g/mol. The highest BCUT2D eigenvalue weighted by molar-refractivity contribution is 7.90. The molecule has 0 saturated carbocycles. The molecule has 1 aromatic heterocycles. The number of halogens is 4. The fourth-order valence-electron chi connectivity index (χ4n) is 3.43. The predicted molar refractivity (Wildman–Crippen MR) is 132 cm³/mol. The normalized spacial score (nSPS) is 11.9. The highest BCUT2D eigenvalue weighted by Gasteiger charge is 2.25. The summed E-state index contributed by atoms with van der Waals surface area (Å²) >= 11 is 0. The summed E-state index contributed by atoms with van der Waals surface area (Å²) in [4.78, 5) is 15.7. The lowest BCUT2D eigenvalue weighted by Crippen LogP contribution is -2.43. The largest absolute Gasteiger partial charge is 0.366 e. The molecule has 0 atom stereocenters. The number of pyridine rings is 1. The first-order chi connectivity index (χ1) is 17.1. The number of hydrogen-bond donors (Lipinski definition) is 4. The van der Waals surface area contributed by atoms with Crippen LogP contribution in [0.5, 0.6) is 0 Å². The number of primary amides is 1. The summed E-state index contributed by atoms with van der Waals surface area (Å²) in [6.07, 6.45) is 0.491. The fraction of sp³-hybridized carbons (Fsp3) is 0.250. The number of nitrogens with zero attached hydrogens (tertiary/aromatic N) is 1. The molecule has 1 amide bonds. The number of nitrogens with one attached hydrogen (secondary N) is 3. The average molecular weight is 540 g/mol. The van der Waals surface area contributed by atoms with E-state index in [4.69, 9.17) is 5.73 Å². The van der Waals surface area contributed by atoms with Crippen molar-refractivity contribution in [2.75, 3.05) is 10.0 Å². The lowest BCUT2D eigenvalue weighted by Gasteiger charge is -2.21. The van der Waals surface area contributed by atoms with Crippen molar-refractivity contribution in [3.05, 3.63) is 82.1 Å². The van der Waals surface area contributed by atoms with Crippen LogP contribution in [-0.2, 0) is 16.6 Å². The Bertz CT molecular complexity index is 1470. The second-order valence-electron chi connectivity index (χ2n) is 9.33. The molecule has 0 spiro atoms. The van der Waals surface area contributed by atoms with Crippen LogP contribution in [0.25, 0.3) is 0 Å². The lowest BCUT2D eigenvalue weighted by atomic mass is 10.00. The van der Waals surface area contributed by atoms with Gasteiger partial charge in [0.15, 0.2) is 23.3 Å². The minimum atomic E-state index is -4.22. The van der Waals surface area contributed by atoms with Crippen molar-refractivity contribution in [1.82, 2.24) is 9.71 Å². The number of carbonyl (C=O) groups excluding carboxylic acids is 1. The summed E-state index contributed by atoms with van der Waals surface area (Å²) in [7, 11) is -4.22. The van der Waals surface area contributed by atoms with Gasteiger partial charge in [-0.3, -0.25) is 9.52 Å². The van der Waals surface area contributed by atoms with Gasteiger partial charge in [-0.05, 0) is 68.7 Å². The Morgan fingerprint density at radius 1 is 1.00 bits per heavy atom. The van der Waals surface area contributed by atoms with E-state index in [0.717, 1.165) is 24.4 Å². The first-order valence-electron chi connectivity index (χ1n) is 10.9. The molecule has 3 rings (SSSR count). The third kappa shape index (κ3) is 6.74.